The van der Waals surface area contributed by atoms with Gasteiger partial charge in [-0.3, -0.25) is 0 Å². The molecule has 0 atom stereocenters. The summed E-state index contributed by atoms with van der Waals surface area (Å²) in [5, 5.41) is 4.53. The van der Waals surface area contributed by atoms with Gasteiger partial charge in [-0.25, -0.2) is 0 Å². The van der Waals surface area contributed by atoms with E-state index in [4.69, 9.17) is 16.0 Å². The third-order valence-electron chi connectivity index (χ3n) is 1.78. The highest BCUT2D eigenvalue weighted by atomic mass is 79.9. The van der Waals surface area contributed by atoms with E-state index in [9.17, 15) is 0 Å². The summed E-state index contributed by atoms with van der Waals surface area (Å²) in [4.78, 5) is 0. The Morgan fingerprint density at radius 2 is 2.15 bits per heavy atom. The van der Waals surface area contributed by atoms with Crippen LogP contribution in [0.15, 0.2) is 27.1 Å². The largest absolute Gasteiger partial charge is 0.439 e. The molecule has 0 aliphatic rings. The molecular formula is C9H7BrClNO. The molecule has 1 aromatic carbocycles. The van der Waals surface area contributed by atoms with Gasteiger partial charge in [-0.1, -0.05) is 27.5 Å². The van der Waals surface area contributed by atoms with Crippen LogP contribution in [-0.4, -0.2) is 7.05 Å². The molecule has 0 saturated carbocycles. The van der Waals surface area contributed by atoms with Crippen molar-refractivity contribution in [3.05, 3.63) is 27.7 Å². The Morgan fingerprint density at radius 3 is 2.85 bits per heavy atom. The average Bonchev–Trinajstić information content (AvgIpc) is 2.47. The van der Waals surface area contributed by atoms with E-state index in [1.165, 1.54) is 0 Å². The maximum atomic E-state index is 5.98. The predicted molar refractivity (Wildman–Crippen MR) is 58.5 cm³/mol. The lowest BCUT2D eigenvalue weighted by molar-refractivity contribution is 0.632. The number of nitrogens with one attached hydrogen (secondary N) is 1. The Labute approximate surface area is 89.0 Å². The zero-order valence-electron chi connectivity index (χ0n) is 6.90. The number of hydrogen-bond donors (Lipinski definition) is 1. The molecule has 0 bridgehead atoms. The fourth-order valence-electron chi connectivity index (χ4n) is 1.20. The molecule has 13 heavy (non-hydrogen) atoms. The van der Waals surface area contributed by atoms with E-state index in [-0.39, 0.29) is 0 Å². The monoisotopic (exact) mass is 259 g/mol. The first-order valence-corrected chi connectivity index (χ1v) is 4.94. The van der Waals surface area contributed by atoms with E-state index in [1.54, 1.807) is 7.05 Å². The van der Waals surface area contributed by atoms with Crippen LogP contribution < -0.4 is 5.32 Å². The van der Waals surface area contributed by atoms with Crippen molar-refractivity contribution < 1.29 is 4.42 Å². The highest BCUT2D eigenvalue weighted by Crippen LogP contribution is 2.32. The van der Waals surface area contributed by atoms with Gasteiger partial charge in [0.25, 0.3) is 0 Å². The summed E-state index contributed by atoms with van der Waals surface area (Å²) < 4.78 is 6.39. The van der Waals surface area contributed by atoms with E-state index in [2.05, 4.69) is 21.2 Å². The van der Waals surface area contributed by atoms with Crippen molar-refractivity contribution in [1.29, 1.82) is 0 Å². The fourth-order valence-corrected chi connectivity index (χ4v) is 2.07. The molecule has 0 aliphatic carbocycles. The minimum atomic E-state index is 0.617. The normalized spacial score (nSPS) is 10.7. The minimum absolute atomic E-state index is 0.617. The molecule has 68 valence electrons. The highest BCUT2D eigenvalue weighted by molar-refractivity contribution is 9.10. The summed E-state index contributed by atoms with van der Waals surface area (Å²) in [6.45, 7) is 0. The Hall–Kier alpha value is -0.670. The van der Waals surface area contributed by atoms with Crippen LogP contribution in [-0.2, 0) is 0 Å². The molecule has 0 radical (unpaired) electrons. The van der Waals surface area contributed by atoms with Crippen molar-refractivity contribution in [2.45, 2.75) is 0 Å². The van der Waals surface area contributed by atoms with Gasteiger partial charge in [-0.2, -0.15) is 0 Å². The molecule has 1 heterocycles. The maximum Gasteiger partial charge on any atom is 0.194 e. The molecule has 2 nitrogen and oxygen atoms in total. The number of rotatable bonds is 1. The molecule has 0 aliphatic heterocycles. The number of furan rings is 1. The minimum Gasteiger partial charge on any atom is -0.439 e. The van der Waals surface area contributed by atoms with Crippen LogP contribution in [0.3, 0.4) is 0 Å². The van der Waals surface area contributed by atoms with E-state index >= 15 is 0 Å². The third-order valence-corrected chi connectivity index (χ3v) is 2.52. The maximum absolute atomic E-state index is 5.98. The van der Waals surface area contributed by atoms with Crippen LogP contribution in [0.25, 0.3) is 11.0 Å². The fraction of sp³-hybridized carbons (Fsp3) is 0.111. The van der Waals surface area contributed by atoms with Crippen LogP contribution in [0.1, 0.15) is 0 Å². The van der Waals surface area contributed by atoms with Crippen LogP contribution in [0, 0.1) is 0 Å². The van der Waals surface area contributed by atoms with Gasteiger partial charge < -0.3 is 9.73 Å². The molecule has 1 aromatic heterocycles. The molecular weight excluding hydrogens is 253 g/mol. The first-order chi connectivity index (χ1) is 6.20. The lowest BCUT2D eigenvalue weighted by Gasteiger charge is -1.93. The zero-order valence-corrected chi connectivity index (χ0v) is 9.24. The van der Waals surface area contributed by atoms with E-state index in [0.717, 1.165) is 15.7 Å². The van der Waals surface area contributed by atoms with Gasteiger partial charge >= 0.3 is 0 Å². The average molecular weight is 261 g/mol. The van der Waals surface area contributed by atoms with Gasteiger partial charge in [0.2, 0.25) is 0 Å². The van der Waals surface area contributed by atoms with Crippen LogP contribution in [0.4, 0.5) is 5.88 Å². The van der Waals surface area contributed by atoms with Crippen molar-refractivity contribution in [3.63, 3.8) is 0 Å². The zero-order chi connectivity index (χ0) is 9.42. The number of benzene rings is 1. The van der Waals surface area contributed by atoms with Crippen molar-refractivity contribution in [2.75, 3.05) is 12.4 Å². The van der Waals surface area contributed by atoms with Gasteiger partial charge in [0, 0.05) is 23.0 Å². The standard InChI is InChI=1S/C9H7BrClNO/c1-12-8-3-5-2-6(10)4-7(11)9(5)13-8/h2-4,12H,1H3. The second-order valence-electron chi connectivity index (χ2n) is 2.67. The lowest BCUT2D eigenvalue weighted by Crippen LogP contribution is -1.81. The first kappa shape index (κ1) is 8.91. The first-order valence-electron chi connectivity index (χ1n) is 3.77. The Morgan fingerprint density at radius 1 is 1.38 bits per heavy atom. The topological polar surface area (TPSA) is 25.2 Å². The molecule has 0 fully saturated rings. The smallest absolute Gasteiger partial charge is 0.194 e. The van der Waals surface area contributed by atoms with Gasteiger partial charge in [0.1, 0.15) is 0 Å². The Balaban J connectivity index is 2.75. The molecule has 0 unspecified atom stereocenters. The lowest BCUT2D eigenvalue weighted by atomic mass is 10.2. The third kappa shape index (κ3) is 1.54. The summed E-state index contributed by atoms with van der Waals surface area (Å²) in [5.41, 5.74) is 0.717. The second-order valence-corrected chi connectivity index (χ2v) is 3.99. The van der Waals surface area contributed by atoms with Gasteiger partial charge in [0.15, 0.2) is 11.5 Å². The molecule has 2 rings (SSSR count). The van der Waals surface area contributed by atoms with Crippen LogP contribution >= 0.6 is 27.5 Å². The van der Waals surface area contributed by atoms with Crippen molar-refractivity contribution >= 4 is 44.4 Å². The summed E-state index contributed by atoms with van der Waals surface area (Å²) in [7, 11) is 1.81. The summed E-state index contributed by atoms with van der Waals surface area (Å²) in [5.74, 6) is 0.718. The molecule has 0 spiro atoms. The van der Waals surface area contributed by atoms with E-state index in [1.807, 2.05) is 18.2 Å². The molecule has 0 saturated heterocycles. The number of fused-ring (bicyclic) bond motifs is 1. The molecule has 4 heteroatoms. The summed E-state index contributed by atoms with van der Waals surface area (Å²) in [6, 6.07) is 5.68. The number of halogens is 2. The SMILES string of the molecule is CNc1cc2cc(Br)cc(Cl)c2o1. The van der Waals surface area contributed by atoms with Crippen molar-refractivity contribution in [3.8, 4) is 0 Å². The second kappa shape index (κ2) is 3.24. The van der Waals surface area contributed by atoms with Crippen molar-refractivity contribution in [2.24, 2.45) is 0 Å². The highest BCUT2D eigenvalue weighted by Gasteiger charge is 2.06. The van der Waals surface area contributed by atoms with E-state index < -0.39 is 0 Å². The number of hydrogen-bond acceptors (Lipinski definition) is 2. The predicted octanol–water partition coefficient (Wildman–Crippen LogP) is 3.89. The Kier molecular flexibility index (Phi) is 2.22. The summed E-state index contributed by atoms with van der Waals surface area (Å²) >= 11 is 9.35. The quantitative estimate of drug-likeness (QED) is 0.841. The molecule has 0 amide bonds. The number of anilines is 1. The van der Waals surface area contributed by atoms with Crippen LogP contribution in [0.2, 0.25) is 5.02 Å². The van der Waals surface area contributed by atoms with Crippen molar-refractivity contribution in [1.82, 2.24) is 0 Å². The Bertz CT molecular complexity index is 452. The molecule has 1 N–H and O–H groups in total. The van der Waals surface area contributed by atoms with Gasteiger partial charge in [-0.05, 0) is 12.1 Å². The van der Waals surface area contributed by atoms with Crippen LogP contribution in [0.5, 0.6) is 0 Å². The van der Waals surface area contributed by atoms with Gasteiger partial charge in [-0.15, -0.1) is 0 Å². The van der Waals surface area contributed by atoms with Gasteiger partial charge in [0.05, 0.1) is 5.02 Å². The van der Waals surface area contributed by atoms with E-state index in [0.29, 0.717) is 10.6 Å². The molecule has 2 aromatic rings. The summed E-state index contributed by atoms with van der Waals surface area (Å²) in [6.07, 6.45) is 0.